The summed E-state index contributed by atoms with van der Waals surface area (Å²) in [5.41, 5.74) is 0. The standard InChI is InChI=1S/C16H28O/c1-2-5-13-8-10-15(11-9-13)16(17)12-14-6-3-4-7-14/h13-15H,2-12H2,1H3. The molecule has 1 nitrogen and oxygen atoms in total. The maximum Gasteiger partial charge on any atom is 0.136 e. The molecule has 0 aromatic rings. The lowest BCUT2D eigenvalue weighted by atomic mass is 9.77. The molecule has 0 bridgehead atoms. The van der Waals surface area contributed by atoms with Crippen molar-refractivity contribution in [2.45, 2.75) is 77.6 Å². The van der Waals surface area contributed by atoms with E-state index in [1.807, 2.05) is 0 Å². The second-order valence-electron chi connectivity index (χ2n) is 6.33. The molecule has 0 radical (unpaired) electrons. The Hall–Kier alpha value is -0.330. The first-order valence-electron chi connectivity index (χ1n) is 7.82. The molecule has 17 heavy (non-hydrogen) atoms. The van der Waals surface area contributed by atoms with Crippen molar-refractivity contribution in [1.29, 1.82) is 0 Å². The van der Waals surface area contributed by atoms with Crippen molar-refractivity contribution in [3.8, 4) is 0 Å². The fraction of sp³-hybridized carbons (Fsp3) is 0.938. The molecular formula is C16H28O. The van der Waals surface area contributed by atoms with E-state index in [1.165, 1.54) is 64.2 Å². The highest BCUT2D eigenvalue weighted by Gasteiger charge is 2.28. The highest BCUT2D eigenvalue weighted by Crippen LogP contribution is 2.35. The van der Waals surface area contributed by atoms with Gasteiger partial charge >= 0.3 is 0 Å². The number of ketones is 1. The Morgan fingerprint density at radius 2 is 1.59 bits per heavy atom. The Kier molecular flexibility index (Phi) is 5.06. The van der Waals surface area contributed by atoms with Gasteiger partial charge in [0, 0.05) is 12.3 Å². The van der Waals surface area contributed by atoms with E-state index < -0.39 is 0 Å². The van der Waals surface area contributed by atoms with Crippen molar-refractivity contribution in [3.63, 3.8) is 0 Å². The molecule has 2 aliphatic rings. The Bertz CT molecular complexity index is 232. The molecule has 0 spiro atoms. The summed E-state index contributed by atoms with van der Waals surface area (Å²) < 4.78 is 0. The highest BCUT2D eigenvalue weighted by atomic mass is 16.1. The zero-order chi connectivity index (χ0) is 12.1. The van der Waals surface area contributed by atoms with Gasteiger partial charge in [-0.15, -0.1) is 0 Å². The first-order chi connectivity index (χ1) is 8.29. The van der Waals surface area contributed by atoms with Crippen molar-refractivity contribution in [2.24, 2.45) is 17.8 Å². The molecule has 0 saturated heterocycles. The molecule has 2 fully saturated rings. The average Bonchev–Trinajstić information content (AvgIpc) is 2.83. The third-order valence-electron chi connectivity index (χ3n) is 4.96. The second-order valence-corrected chi connectivity index (χ2v) is 6.33. The quantitative estimate of drug-likeness (QED) is 0.673. The van der Waals surface area contributed by atoms with E-state index in [1.54, 1.807) is 0 Å². The molecule has 2 saturated carbocycles. The lowest BCUT2D eigenvalue weighted by Gasteiger charge is -2.28. The van der Waals surface area contributed by atoms with Crippen molar-refractivity contribution < 1.29 is 4.79 Å². The molecule has 0 atom stereocenters. The summed E-state index contributed by atoms with van der Waals surface area (Å²) in [5, 5.41) is 0. The van der Waals surface area contributed by atoms with Gasteiger partial charge in [-0.2, -0.15) is 0 Å². The minimum absolute atomic E-state index is 0.434. The summed E-state index contributed by atoms with van der Waals surface area (Å²) in [6, 6.07) is 0. The van der Waals surface area contributed by atoms with Crippen molar-refractivity contribution in [1.82, 2.24) is 0 Å². The van der Waals surface area contributed by atoms with Crippen LogP contribution in [0.5, 0.6) is 0 Å². The summed E-state index contributed by atoms with van der Waals surface area (Å²) in [6.45, 7) is 2.28. The number of Topliss-reactive ketones (excluding diaryl/α,β-unsaturated/α-hetero) is 1. The van der Waals surface area contributed by atoms with Gasteiger partial charge in [-0.3, -0.25) is 4.79 Å². The summed E-state index contributed by atoms with van der Waals surface area (Å²) in [5.74, 6) is 2.71. The number of carbonyl (C=O) groups excluding carboxylic acids is 1. The Labute approximate surface area is 106 Å². The van der Waals surface area contributed by atoms with Crippen LogP contribution < -0.4 is 0 Å². The van der Waals surface area contributed by atoms with Crippen molar-refractivity contribution >= 4 is 5.78 Å². The first kappa shape index (κ1) is 13.1. The van der Waals surface area contributed by atoms with Gasteiger partial charge in [0.1, 0.15) is 5.78 Å². The smallest absolute Gasteiger partial charge is 0.136 e. The minimum Gasteiger partial charge on any atom is -0.299 e. The molecule has 2 aliphatic carbocycles. The molecule has 0 heterocycles. The van der Waals surface area contributed by atoms with Crippen LogP contribution in [0.1, 0.15) is 77.6 Å². The predicted octanol–water partition coefficient (Wildman–Crippen LogP) is 4.74. The van der Waals surface area contributed by atoms with Crippen LogP contribution in [0.3, 0.4) is 0 Å². The van der Waals surface area contributed by atoms with E-state index in [2.05, 4.69) is 6.92 Å². The van der Waals surface area contributed by atoms with Crippen LogP contribution >= 0.6 is 0 Å². The van der Waals surface area contributed by atoms with Gasteiger partial charge < -0.3 is 0 Å². The zero-order valence-corrected chi connectivity index (χ0v) is 11.4. The molecule has 0 aromatic heterocycles. The van der Waals surface area contributed by atoms with Crippen molar-refractivity contribution in [3.05, 3.63) is 0 Å². The lowest BCUT2D eigenvalue weighted by Crippen LogP contribution is -2.23. The Morgan fingerprint density at radius 3 is 2.18 bits per heavy atom. The molecule has 0 amide bonds. The van der Waals surface area contributed by atoms with E-state index in [0.29, 0.717) is 11.7 Å². The third-order valence-corrected chi connectivity index (χ3v) is 4.96. The summed E-state index contributed by atoms with van der Waals surface area (Å²) >= 11 is 0. The van der Waals surface area contributed by atoms with Crippen LogP contribution in [-0.4, -0.2) is 5.78 Å². The van der Waals surface area contributed by atoms with Crippen LogP contribution in [0.4, 0.5) is 0 Å². The van der Waals surface area contributed by atoms with Crippen LogP contribution in [0.2, 0.25) is 0 Å². The maximum atomic E-state index is 12.2. The fourth-order valence-corrected chi connectivity index (χ4v) is 3.85. The van der Waals surface area contributed by atoms with E-state index in [-0.39, 0.29) is 0 Å². The van der Waals surface area contributed by atoms with Gasteiger partial charge in [-0.25, -0.2) is 0 Å². The first-order valence-corrected chi connectivity index (χ1v) is 7.82. The van der Waals surface area contributed by atoms with E-state index in [4.69, 9.17) is 0 Å². The number of hydrogen-bond donors (Lipinski definition) is 0. The monoisotopic (exact) mass is 236 g/mol. The third kappa shape index (κ3) is 3.82. The molecule has 1 heteroatoms. The lowest BCUT2D eigenvalue weighted by molar-refractivity contribution is -0.125. The van der Waals surface area contributed by atoms with Crippen molar-refractivity contribution in [2.75, 3.05) is 0 Å². The number of carbonyl (C=O) groups is 1. The number of hydrogen-bond acceptors (Lipinski definition) is 1. The molecule has 0 aliphatic heterocycles. The normalized spacial score (nSPS) is 30.6. The topological polar surface area (TPSA) is 17.1 Å². The van der Waals surface area contributed by atoms with Gasteiger partial charge in [0.15, 0.2) is 0 Å². The molecule has 0 aromatic carbocycles. The largest absolute Gasteiger partial charge is 0.299 e. The highest BCUT2D eigenvalue weighted by molar-refractivity contribution is 5.81. The molecule has 0 unspecified atom stereocenters. The Morgan fingerprint density at radius 1 is 0.941 bits per heavy atom. The van der Waals surface area contributed by atoms with Gasteiger partial charge in [0.05, 0.1) is 0 Å². The van der Waals surface area contributed by atoms with Gasteiger partial charge in [-0.1, -0.05) is 45.4 Å². The molecule has 2 rings (SSSR count). The SMILES string of the molecule is CCCC1CCC(C(=O)CC2CCCC2)CC1. The van der Waals surface area contributed by atoms with E-state index in [0.717, 1.165) is 18.3 Å². The van der Waals surface area contributed by atoms with Gasteiger partial charge in [0.25, 0.3) is 0 Å². The average molecular weight is 236 g/mol. The number of rotatable bonds is 5. The maximum absolute atomic E-state index is 12.2. The van der Waals surface area contributed by atoms with Gasteiger partial charge in [-0.05, 0) is 37.5 Å². The van der Waals surface area contributed by atoms with Crippen LogP contribution in [0.25, 0.3) is 0 Å². The Balaban J connectivity index is 1.70. The summed E-state index contributed by atoms with van der Waals surface area (Å²) in [4.78, 5) is 12.2. The minimum atomic E-state index is 0.434. The van der Waals surface area contributed by atoms with Crippen LogP contribution in [0.15, 0.2) is 0 Å². The molecular weight excluding hydrogens is 208 g/mol. The summed E-state index contributed by atoms with van der Waals surface area (Å²) in [6.07, 6.45) is 14.0. The van der Waals surface area contributed by atoms with Gasteiger partial charge in [0.2, 0.25) is 0 Å². The summed E-state index contributed by atoms with van der Waals surface area (Å²) in [7, 11) is 0. The van der Waals surface area contributed by atoms with E-state index >= 15 is 0 Å². The fourth-order valence-electron chi connectivity index (χ4n) is 3.85. The zero-order valence-electron chi connectivity index (χ0n) is 11.4. The van der Waals surface area contributed by atoms with E-state index in [9.17, 15) is 4.79 Å². The van der Waals surface area contributed by atoms with Crippen LogP contribution in [0, 0.1) is 17.8 Å². The molecule has 98 valence electrons. The molecule has 0 N–H and O–H groups in total. The second kappa shape index (κ2) is 6.56. The predicted molar refractivity (Wildman–Crippen MR) is 71.9 cm³/mol. The van der Waals surface area contributed by atoms with Crippen LogP contribution in [-0.2, 0) is 4.79 Å².